The number of hydrogen-bond acceptors (Lipinski definition) is 6. The van der Waals surface area contributed by atoms with Gasteiger partial charge in [0.1, 0.15) is 0 Å². The summed E-state index contributed by atoms with van der Waals surface area (Å²) in [7, 11) is -3.37. The first-order valence-corrected chi connectivity index (χ1v) is 7.90. The maximum atomic E-state index is 11.4. The molecule has 0 aliphatic carbocycles. The summed E-state index contributed by atoms with van der Waals surface area (Å²) in [4.78, 5) is 15.4. The molecular formula is C12H14N4O4S. The van der Waals surface area contributed by atoms with Gasteiger partial charge in [-0.25, -0.2) is 13.1 Å². The van der Waals surface area contributed by atoms with E-state index in [1.54, 1.807) is 12.1 Å². The number of benzene rings is 1. The first-order valence-electron chi connectivity index (χ1n) is 6.01. The number of nitrogens with zero attached hydrogens (tertiary/aromatic N) is 2. The van der Waals surface area contributed by atoms with Gasteiger partial charge in [-0.05, 0) is 5.56 Å². The van der Waals surface area contributed by atoms with Crippen LogP contribution in [0.15, 0.2) is 35.2 Å². The van der Waals surface area contributed by atoms with E-state index >= 15 is 0 Å². The van der Waals surface area contributed by atoms with Gasteiger partial charge in [0.25, 0.3) is 0 Å². The zero-order valence-corrected chi connectivity index (χ0v) is 12.1. The minimum atomic E-state index is -3.37. The van der Waals surface area contributed by atoms with Crippen LogP contribution in [0.1, 0.15) is 5.56 Å². The van der Waals surface area contributed by atoms with Gasteiger partial charge in [-0.3, -0.25) is 4.79 Å². The average Bonchev–Trinajstić information content (AvgIpc) is 2.97. The van der Waals surface area contributed by atoms with Crippen LogP contribution in [-0.4, -0.2) is 37.3 Å². The Labute approximate surface area is 121 Å². The lowest BCUT2D eigenvalue weighted by Gasteiger charge is -2.06. The molecule has 0 spiro atoms. The summed E-state index contributed by atoms with van der Waals surface area (Å²) in [5.41, 5.74) is 1.67. The maximum Gasteiger partial charge on any atom is 0.235 e. The predicted octanol–water partition coefficient (Wildman–Crippen LogP) is -0.0980. The number of hydrogen-bond donors (Lipinski definition) is 2. The molecule has 8 nitrogen and oxygen atoms in total. The van der Waals surface area contributed by atoms with Crippen LogP contribution in [0, 0.1) is 0 Å². The predicted molar refractivity (Wildman–Crippen MR) is 74.4 cm³/mol. The standard InChI is InChI=1S/C12H14N4O4S/c1-21(18,19)15-7-11(17)13-6-9-2-4-10(5-3-9)12-14-8-20-16-12/h2-5,8,15H,6-7H2,1H3,(H,13,17). The first-order chi connectivity index (χ1) is 9.94. The molecule has 0 radical (unpaired) electrons. The smallest absolute Gasteiger partial charge is 0.235 e. The molecule has 0 bridgehead atoms. The highest BCUT2D eigenvalue weighted by atomic mass is 32.2. The van der Waals surface area contributed by atoms with Crippen molar-refractivity contribution in [1.29, 1.82) is 0 Å². The van der Waals surface area contributed by atoms with Crippen molar-refractivity contribution in [3.8, 4) is 11.4 Å². The summed E-state index contributed by atoms with van der Waals surface area (Å²) >= 11 is 0. The topological polar surface area (TPSA) is 114 Å². The molecule has 2 aromatic rings. The molecule has 9 heteroatoms. The SMILES string of the molecule is CS(=O)(=O)NCC(=O)NCc1ccc(-c2ncon2)cc1. The highest BCUT2D eigenvalue weighted by Gasteiger charge is 2.06. The fraction of sp³-hybridized carbons (Fsp3) is 0.250. The quantitative estimate of drug-likeness (QED) is 0.770. The van der Waals surface area contributed by atoms with E-state index in [0.717, 1.165) is 17.4 Å². The number of sulfonamides is 1. The van der Waals surface area contributed by atoms with Crippen LogP contribution < -0.4 is 10.0 Å². The van der Waals surface area contributed by atoms with Crippen LogP contribution in [0.25, 0.3) is 11.4 Å². The molecule has 112 valence electrons. The van der Waals surface area contributed by atoms with E-state index in [9.17, 15) is 13.2 Å². The maximum absolute atomic E-state index is 11.4. The third kappa shape index (κ3) is 4.97. The van der Waals surface area contributed by atoms with Crippen molar-refractivity contribution in [2.75, 3.05) is 12.8 Å². The van der Waals surface area contributed by atoms with E-state index in [1.807, 2.05) is 12.1 Å². The summed E-state index contributed by atoms with van der Waals surface area (Å²) in [6, 6.07) is 7.24. The molecule has 0 aliphatic heterocycles. The summed E-state index contributed by atoms with van der Waals surface area (Å²) in [6.45, 7) is 0.0244. The molecule has 0 saturated heterocycles. The average molecular weight is 310 g/mol. The third-order valence-electron chi connectivity index (χ3n) is 2.56. The van der Waals surface area contributed by atoms with Gasteiger partial charge in [-0.15, -0.1) is 0 Å². The van der Waals surface area contributed by atoms with Crippen LogP contribution in [0.4, 0.5) is 0 Å². The van der Waals surface area contributed by atoms with Gasteiger partial charge in [0.2, 0.25) is 28.1 Å². The third-order valence-corrected chi connectivity index (χ3v) is 3.23. The monoisotopic (exact) mass is 310 g/mol. The normalized spacial score (nSPS) is 11.3. The highest BCUT2D eigenvalue weighted by Crippen LogP contribution is 2.14. The summed E-state index contributed by atoms with van der Waals surface area (Å²) in [6.07, 6.45) is 2.25. The second kappa shape index (κ2) is 6.46. The van der Waals surface area contributed by atoms with Gasteiger partial charge in [0, 0.05) is 12.1 Å². The van der Waals surface area contributed by atoms with Crippen molar-refractivity contribution < 1.29 is 17.7 Å². The summed E-state index contributed by atoms with van der Waals surface area (Å²) < 4.78 is 28.5. The number of carbonyl (C=O) groups excluding carboxylic acids is 1. The van der Waals surface area contributed by atoms with Gasteiger partial charge >= 0.3 is 0 Å². The van der Waals surface area contributed by atoms with Gasteiger partial charge in [-0.1, -0.05) is 29.4 Å². The molecule has 1 heterocycles. The van der Waals surface area contributed by atoms with Gasteiger partial charge in [0.05, 0.1) is 12.8 Å². The highest BCUT2D eigenvalue weighted by molar-refractivity contribution is 7.88. The Kier molecular flexibility index (Phi) is 4.66. The van der Waals surface area contributed by atoms with Gasteiger partial charge in [0.15, 0.2) is 0 Å². The molecule has 0 fully saturated rings. The first kappa shape index (κ1) is 15.1. The molecule has 1 aromatic heterocycles. The Morgan fingerprint density at radius 1 is 1.29 bits per heavy atom. The molecule has 0 atom stereocenters. The summed E-state index contributed by atoms with van der Waals surface area (Å²) in [5.74, 6) is 0.0885. The molecule has 0 saturated carbocycles. The van der Waals surface area contributed by atoms with E-state index in [2.05, 4.69) is 24.7 Å². The Balaban J connectivity index is 1.85. The van der Waals surface area contributed by atoms with Crippen LogP contribution in [0.2, 0.25) is 0 Å². The minimum absolute atomic E-state index is 0.278. The van der Waals surface area contributed by atoms with Crippen LogP contribution in [0.3, 0.4) is 0 Å². The van der Waals surface area contributed by atoms with Crippen molar-refractivity contribution in [3.63, 3.8) is 0 Å². The van der Waals surface area contributed by atoms with Crippen LogP contribution in [-0.2, 0) is 21.4 Å². The minimum Gasteiger partial charge on any atom is -0.351 e. The molecule has 2 rings (SSSR count). The van der Waals surface area contributed by atoms with Crippen LogP contribution in [0.5, 0.6) is 0 Å². The van der Waals surface area contributed by atoms with E-state index in [-0.39, 0.29) is 6.54 Å². The number of rotatable bonds is 6. The Bertz CT molecular complexity index is 695. The zero-order valence-electron chi connectivity index (χ0n) is 11.2. The van der Waals surface area contributed by atoms with E-state index in [4.69, 9.17) is 0 Å². The van der Waals surface area contributed by atoms with Crippen molar-refractivity contribution in [2.24, 2.45) is 0 Å². The molecular weight excluding hydrogens is 296 g/mol. The number of aromatic nitrogens is 2. The Morgan fingerprint density at radius 2 is 2.00 bits per heavy atom. The lowest BCUT2D eigenvalue weighted by Crippen LogP contribution is -2.36. The summed E-state index contributed by atoms with van der Waals surface area (Å²) in [5, 5.41) is 6.33. The lowest BCUT2D eigenvalue weighted by molar-refractivity contribution is -0.120. The van der Waals surface area contributed by atoms with Crippen LogP contribution >= 0.6 is 0 Å². The lowest BCUT2D eigenvalue weighted by atomic mass is 10.1. The number of amides is 1. The number of nitrogens with one attached hydrogen (secondary N) is 2. The van der Waals surface area contributed by atoms with Crippen molar-refractivity contribution in [1.82, 2.24) is 20.2 Å². The number of carbonyl (C=O) groups is 1. The van der Waals surface area contributed by atoms with Crippen molar-refractivity contribution in [3.05, 3.63) is 36.2 Å². The zero-order chi connectivity index (χ0) is 15.3. The van der Waals surface area contributed by atoms with Gasteiger partial charge in [-0.2, -0.15) is 4.98 Å². The van der Waals surface area contributed by atoms with Crippen molar-refractivity contribution >= 4 is 15.9 Å². The van der Waals surface area contributed by atoms with Crippen molar-refractivity contribution in [2.45, 2.75) is 6.54 Å². The molecule has 1 amide bonds. The van der Waals surface area contributed by atoms with E-state index in [1.165, 1.54) is 6.39 Å². The Hall–Kier alpha value is -2.26. The van der Waals surface area contributed by atoms with Gasteiger partial charge < -0.3 is 9.84 Å². The molecule has 0 unspecified atom stereocenters. The van der Waals surface area contributed by atoms with E-state index < -0.39 is 15.9 Å². The molecule has 2 N–H and O–H groups in total. The molecule has 0 aliphatic rings. The second-order valence-corrected chi connectivity index (χ2v) is 6.15. The Morgan fingerprint density at radius 3 is 2.57 bits per heavy atom. The molecule has 1 aromatic carbocycles. The fourth-order valence-corrected chi connectivity index (χ4v) is 1.92. The molecule has 21 heavy (non-hydrogen) atoms. The second-order valence-electron chi connectivity index (χ2n) is 4.32. The van der Waals surface area contributed by atoms with E-state index in [0.29, 0.717) is 12.4 Å². The largest absolute Gasteiger partial charge is 0.351 e. The fourth-order valence-electron chi connectivity index (χ4n) is 1.53.